The molecule has 1 fully saturated rings. The summed E-state index contributed by atoms with van der Waals surface area (Å²) in [6.07, 6.45) is -3.39. The normalized spacial score (nSPS) is 14.3. The number of halogens is 4. The largest absolute Gasteiger partial charge is 0.489 e. The first kappa shape index (κ1) is 30.1. The van der Waals surface area contributed by atoms with E-state index in [4.69, 9.17) is 4.74 Å². The van der Waals surface area contributed by atoms with Gasteiger partial charge >= 0.3 is 12.2 Å². The lowest BCUT2D eigenvalue weighted by molar-refractivity contribution is -0.137. The van der Waals surface area contributed by atoms with Gasteiger partial charge in [0.05, 0.1) is 5.56 Å². The van der Waals surface area contributed by atoms with Gasteiger partial charge in [-0.15, -0.1) is 0 Å². The number of hydrogen-bond acceptors (Lipinski definition) is 3. The van der Waals surface area contributed by atoms with E-state index in [0.29, 0.717) is 45.1 Å². The first-order valence-electron chi connectivity index (χ1n) is 14.2. The average molecular weight is 592 g/mol. The van der Waals surface area contributed by atoms with Gasteiger partial charge in [0.25, 0.3) is 0 Å². The van der Waals surface area contributed by atoms with Crippen molar-refractivity contribution < 1.29 is 27.1 Å². The molecule has 9 heteroatoms. The molecule has 4 aromatic carbocycles. The van der Waals surface area contributed by atoms with E-state index < -0.39 is 23.6 Å². The second kappa shape index (κ2) is 13.7. The lowest BCUT2D eigenvalue weighted by Crippen LogP contribution is -2.48. The number of carbonyl (C=O) groups excluding carboxylic acids is 1. The fraction of sp³-hybridized carbons (Fsp3) is 0.265. The van der Waals surface area contributed by atoms with Crippen LogP contribution in [0.25, 0.3) is 0 Å². The molecule has 43 heavy (non-hydrogen) atoms. The number of ether oxygens (including phenoxy) is 1. The number of piperidine rings is 1. The Balaban J connectivity index is 1.25. The zero-order valence-corrected chi connectivity index (χ0v) is 23.6. The van der Waals surface area contributed by atoms with Gasteiger partial charge in [0, 0.05) is 43.5 Å². The zero-order valence-electron chi connectivity index (χ0n) is 23.6. The summed E-state index contributed by atoms with van der Waals surface area (Å²) in [5.41, 5.74) is 1.66. The maximum absolute atomic E-state index is 14.0. The number of nitrogens with zero attached hydrogens (tertiary/aromatic N) is 2. The second-order valence-corrected chi connectivity index (χ2v) is 10.7. The van der Waals surface area contributed by atoms with Crippen molar-refractivity contribution in [1.29, 1.82) is 0 Å². The van der Waals surface area contributed by atoms with E-state index in [0.717, 1.165) is 34.6 Å². The molecular weight excluding hydrogens is 558 g/mol. The third kappa shape index (κ3) is 8.35. The van der Waals surface area contributed by atoms with Crippen LogP contribution in [-0.2, 0) is 25.9 Å². The van der Waals surface area contributed by atoms with Crippen LogP contribution in [0.1, 0.15) is 35.1 Å². The monoisotopic (exact) mass is 591 g/mol. The summed E-state index contributed by atoms with van der Waals surface area (Å²) >= 11 is 0. The van der Waals surface area contributed by atoms with Gasteiger partial charge in [0.1, 0.15) is 18.2 Å². The van der Waals surface area contributed by atoms with Gasteiger partial charge in [-0.3, -0.25) is 4.90 Å². The molecule has 1 saturated heterocycles. The molecular formula is C34H33F4N3O2. The molecule has 0 spiro atoms. The Bertz CT molecular complexity index is 1490. The topological polar surface area (TPSA) is 44.8 Å². The van der Waals surface area contributed by atoms with Gasteiger partial charge < -0.3 is 15.0 Å². The Morgan fingerprint density at radius 1 is 0.860 bits per heavy atom. The third-order valence-electron chi connectivity index (χ3n) is 7.53. The molecule has 224 valence electrons. The summed E-state index contributed by atoms with van der Waals surface area (Å²) < 4.78 is 59.9. The highest BCUT2D eigenvalue weighted by Gasteiger charge is 2.32. The van der Waals surface area contributed by atoms with Gasteiger partial charge in [-0.2, -0.15) is 13.2 Å². The summed E-state index contributed by atoms with van der Waals surface area (Å²) in [7, 11) is 0. The molecule has 4 aromatic rings. The molecule has 0 aliphatic carbocycles. The third-order valence-corrected chi connectivity index (χ3v) is 7.53. The number of likely N-dealkylation sites (tertiary alicyclic amines) is 1. The van der Waals surface area contributed by atoms with Gasteiger partial charge in [0.15, 0.2) is 0 Å². The maximum atomic E-state index is 14.0. The van der Waals surface area contributed by atoms with Gasteiger partial charge in [-0.1, -0.05) is 78.9 Å². The van der Waals surface area contributed by atoms with Crippen LogP contribution >= 0.6 is 0 Å². The van der Waals surface area contributed by atoms with E-state index in [1.165, 1.54) is 0 Å². The van der Waals surface area contributed by atoms with Crippen LogP contribution < -0.4 is 10.1 Å². The molecule has 1 aliphatic heterocycles. The highest BCUT2D eigenvalue weighted by Crippen LogP contribution is 2.32. The molecule has 2 amide bonds. The van der Waals surface area contributed by atoms with Crippen molar-refractivity contribution in [3.8, 4) is 5.75 Å². The molecule has 1 N–H and O–H groups in total. The number of urea groups is 1. The molecule has 0 bridgehead atoms. The highest BCUT2D eigenvalue weighted by molar-refractivity contribution is 5.89. The lowest BCUT2D eigenvalue weighted by Gasteiger charge is -2.38. The predicted octanol–water partition coefficient (Wildman–Crippen LogP) is 8.12. The van der Waals surface area contributed by atoms with Crippen LogP contribution in [0.15, 0.2) is 103 Å². The number of nitrogens with one attached hydrogen (secondary N) is 1. The first-order valence-corrected chi connectivity index (χ1v) is 14.2. The van der Waals surface area contributed by atoms with E-state index >= 15 is 0 Å². The van der Waals surface area contributed by atoms with E-state index in [-0.39, 0.29) is 18.3 Å². The van der Waals surface area contributed by atoms with E-state index in [1.807, 2.05) is 78.9 Å². The summed E-state index contributed by atoms with van der Waals surface area (Å²) in [6.45, 7) is 2.86. The second-order valence-electron chi connectivity index (χ2n) is 10.7. The summed E-state index contributed by atoms with van der Waals surface area (Å²) in [5.74, 6) is -0.243. The molecule has 1 heterocycles. The number of hydrogen-bond donors (Lipinski definition) is 1. The fourth-order valence-electron chi connectivity index (χ4n) is 5.31. The smallest absolute Gasteiger partial charge is 0.416 e. The van der Waals surface area contributed by atoms with Gasteiger partial charge in [0.2, 0.25) is 0 Å². The van der Waals surface area contributed by atoms with E-state index in [2.05, 4.69) is 16.3 Å². The van der Waals surface area contributed by atoms with Gasteiger partial charge in [-0.05, 0) is 48.2 Å². The highest BCUT2D eigenvalue weighted by atomic mass is 19.4. The predicted molar refractivity (Wildman–Crippen MR) is 158 cm³/mol. The van der Waals surface area contributed by atoms with Crippen LogP contribution in [0.4, 0.5) is 28.0 Å². The van der Waals surface area contributed by atoms with Crippen LogP contribution in [0.2, 0.25) is 0 Å². The molecule has 1 aliphatic rings. The summed E-state index contributed by atoms with van der Waals surface area (Å²) in [4.78, 5) is 17.4. The molecule has 5 rings (SSSR count). The molecule has 0 unspecified atom stereocenters. The Labute approximate surface area is 248 Å². The summed E-state index contributed by atoms with van der Waals surface area (Å²) in [6, 6.07) is 28.7. The van der Waals surface area contributed by atoms with Crippen LogP contribution in [0, 0.1) is 5.82 Å². The number of anilines is 1. The minimum Gasteiger partial charge on any atom is -0.489 e. The standard InChI is InChI=1S/C34H33F4N3O2/c35-29-19-28(34(36,37)38)20-30(21-29)39-33(42)41(22-25-9-3-1-4-10-25)31-15-17-40(18-16-31)23-27-13-7-8-14-32(27)43-24-26-11-5-2-6-12-26/h1-14,19-21,31H,15-18,22-24H2,(H,39,42). The first-order chi connectivity index (χ1) is 20.7. The molecule has 0 radical (unpaired) electrons. The summed E-state index contributed by atoms with van der Waals surface area (Å²) in [5, 5.41) is 2.52. The number of carbonyl (C=O) groups is 1. The quantitative estimate of drug-likeness (QED) is 0.200. The Hall–Kier alpha value is -4.37. The van der Waals surface area contributed by atoms with Gasteiger partial charge in [-0.25, -0.2) is 9.18 Å². The molecule has 0 atom stereocenters. The van der Waals surface area contributed by atoms with Crippen molar-refractivity contribution in [3.05, 3.63) is 131 Å². The Morgan fingerprint density at radius 3 is 2.16 bits per heavy atom. The van der Waals surface area contributed by atoms with E-state index in [9.17, 15) is 22.4 Å². The van der Waals surface area contributed by atoms with Crippen LogP contribution in [0.3, 0.4) is 0 Å². The Kier molecular flexibility index (Phi) is 9.61. The van der Waals surface area contributed by atoms with Crippen molar-refractivity contribution in [2.45, 2.75) is 44.8 Å². The van der Waals surface area contributed by atoms with E-state index in [1.54, 1.807) is 4.90 Å². The number of alkyl halides is 3. The number of amides is 2. The lowest BCUT2D eigenvalue weighted by atomic mass is 10.0. The molecule has 0 aromatic heterocycles. The molecule has 0 saturated carbocycles. The van der Waals surface area contributed by atoms with Crippen molar-refractivity contribution in [2.75, 3.05) is 18.4 Å². The fourth-order valence-corrected chi connectivity index (χ4v) is 5.31. The minimum absolute atomic E-state index is 0.156. The van der Waals surface area contributed by atoms with Crippen LogP contribution in [0.5, 0.6) is 5.75 Å². The van der Waals surface area contributed by atoms with Crippen molar-refractivity contribution in [1.82, 2.24) is 9.80 Å². The number of para-hydroxylation sites is 1. The molecule has 5 nitrogen and oxygen atoms in total. The Morgan fingerprint density at radius 2 is 1.49 bits per heavy atom. The van der Waals surface area contributed by atoms with Crippen molar-refractivity contribution in [3.63, 3.8) is 0 Å². The van der Waals surface area contributed by atoms with Crippen molar-refractivity contribution in [2.24, 2.45) is 0 Å². The minimum atomic E-state index is -4.73. The SMILES string of the molecule is O=C(Nc1cc(F)cc(C(F)(F)F)c1)N(Cc1ccccc1)C1CCN(Cc2ccccc2OCc2ccccc2)CC1. The van der Waals surface area contributed by atoms with Crippen LogP contribution in [-0.4, -0.2) is 35.0 Å². The van der Waals surface area contributed by atoms with Crippen molar-refractivity contribution >= 4 is 11.7 Å². The zero-order chi connectivity index (χ0) is 30.2. The number of benzene rings is 4. The number of rotatable bonds is 9. The average Bonchev–Trinajstić information content (AvgIpc) is 3.00. The maximum Gasteiger partial charge on any atom is 0.416 e.